The van der Waals surface area contributed by atoms with E-state index >= 15 is 0 Å². The minimum atomic E-state index is -0.169. The van der Waals surface area contributed by atoms with Gasteiger partial charge in [0.25, 0.3) is 0 Å². The molecule has 2 heterocycles. The number of carbonyl (C=O) groups is 1. The highest BCUT2D eigenvalue weighted by atomic mass is 35.5. The van der Waals surface area contributed by atoms with Crippen LogP contribution in [0.2, 0.25) is 5.02 Å². The van der Waals surface area contributed by atoms with Gasteiger partial charge in [-0.2, -0.15) is 5.26 Å². The van der Waals surface area contributed by atoms with Crippen molar-refractivity contribution in [3.63, 3.8) is 0 Å². The third kappa shape index (κ3) is 3.80. The predicted molar refractivity (Wildman–Crippen MR) is 96.1 cm³/mol. The van der Waals surface area contributed by atoms with Crippen molar-refractivity contribution < 1.29 is 4.79 Å². The molecule has 6 heteroatoms. The van der Waals surface area contributed by atoms with Crippen molar-refractivity contribution in [2.24, 2.45) is 0 Å². The molecule has 0 aliphatic carbocycles. The van der Waals surface area contributed by atoms with Crippen LogP contribution in [-0.4, -0.2) is 10.9 Å². The maximum absolute atomic E-state index is 12.2. The number of nitriles is 1. The van der Waals surface area contributed by atoms with Crippen LogP contribution in [0.5, 0.6) is 0 Å². The first-order valence-corrected chi connectivity index (χ1v) is 8.34. The van der Waals surface area contributed by atoms with Crippen LogP contribution in [0.1, 0.15) is 11.1 Å². The van der Waals surface area contributed by atoms with Gasteiger partial charge in [0.2, 0.25) is 5.91 Å². The second-order valence-corrected chi connectivity index (χ2v) is 6.54. The lowest BCUT2D eigenvalue weighted by molar-refractivity contribution is -0.115. The number of pyridine rings is 1. The number of nitrogens with zero attached hydrogens (tertiary/aromatic N) is 2. The van der Waals surface area contributed by atoms with Crippen molar-refractivity contribution in [1.82, 2.24) is 4.98 Å². The summed E-state index contributed by atoms with van der Waals surface area (Å²) in [5.74, 6) is -0.169. The van der Waals surface area contributed by atoms with Gasteiger partial charge < -0.3 is 5.32 Å². The molecule has 0 atom stereocenters. The molecule has 0 bridgehead atoms. The number of amides is 1. The van der Waals surface area contributed by atoms with Gasteiger partial charge in [-0.05, 0) is 41.5 Å². The van der Waals surface area contributed by atoms with Gasteiger partial charge in [0, 0.05) is 22.3 Å². The molecule has 0 spiro atoms. The van der Waals surface area contributed by atoms with Crippen LogP contribution < -0.4 is 5.32 Å². The number of hydrogen-bond donors (Lipinski definition) is 1. The number of benzene rings is 1. The molecule has 118 valence electrons. The quantitative estimate of drug-likeness (QED) is 0.750. The van der Waals surface area contributed by atoms with Crippen molar-refractivity contribution >= 4 is 33.8 Å². The standard InChI is InChI=1S/C18H12ClN3OS/c19-15-3-1-12(2-4-15)9-17(23)22-18-14(11-20)10-16(24-18)13-5-7-21-8-6-13/h1-8,10H,9H2,(H,22,23). The molecule has 0 radical (unpaired) electrons. The van der Waals surface area contributed by atoms with Gasteiger partial charge in [-0.1, -0.05) is 23.7 Å². The van der Waals surface area contributed by atoms with Crippen LogP contribution in [0.3, 0.4) is 0 Å². The second-order valence-electron chi connectivity index (χ2n) is 5.05. The maximum atomic E-state index is 12.2. The lowest BCUT2D eigenvalue weighted by Crippen LogP contribution is -2.14. The highest BCUT2D eigenvalue weighted by Crippen LogP contribution is 2.34. The molecule has 1 amide bonds. The highest BCUT2D eigenvalue weighted by molar-refractivity contribution is 7.19. The van der Waals surface area contributed by atoms with E-state index in [-0.39, 0.29) is 12.3 Å². The van der Waals surface area contributed by atoms with Gasteiger partial charge >= 0.3 is 0 Å². The summed E-state index contributed by atoms with van der Waals surface area (Å²) in [5.41, 5.74) is 2.28. The molecule has 0 unspecified atom stereocenters. The molecule has 0 saturated carbocycles. The Morgan fingerprint density at radius 3 is 2.58 bits per heavy atom. The maximum Gasteiger partial charge on any atom is 0.229 e. The molecule has 0 saturated heterocycles. The van der Waals surface area contributed by atoms with E-state index in [1.807, 2.05) is 24.3 Å². The average molecular weight is 354 g/mol. The Balaban J connectivity index is 1.77. The predicted octanol–water partition coefficient (Wildman–Crippen LogP) is 4.52. The Morgan fingerprint density at radius 2 is 1.92 bits per heavy atom. The van der Waals surface area contributed by atoms with Gasteiger partial charge in [-0.3, -0.25) is 9.78 Å². The van der Waals surface area contributed by atoms with E-state index in [1.54, 1.807) is 30.6 Å². The molecule has 3 aromatic rings. The molecule has 0 fully saturated rings. The van der Waals surface area contributed by atoms with E-state index in [4.69, 9.17) is 11.6 Å². The Morgan fingerprint density at radius 1 is 1.21 bits per heavy atom. The number of rotatable bonds is 4. The van der Waals surface area contributed by atoms with Gasteiger partial charge in [-0.15, -0.1) is 11.3 Å². The summed E-state index contributed by atoms with van der Waals surface area (Å²) in [6.07, 6.45) is 3.62. The van der Waals surface area contributed by atoms with E-state index in [0.29, 0.717) is 15.6 Å². The molecule has 2 aromatic heterocycles. The van der Waals surface area contributed by atoms with Crippen LogP contribution in [0.15, 0.2) is 54.9 Å². The average Bonchev–Trinajstić information content (AvgIpc) is 3.00. The molecule has 0 aliphatic rings. The minimum absolute atomic E-state index is 0.169. The largest absolute Gasteiger partial charge is 0.316 e. The zero-order valence-electron chi connectivity index (χ0n) is 12.5. The zero-order chi connectivity index (χ0) is 16.9. The van der Waals surface area contributed by atoms with Crippen molar-refractivity contribution in [3.8, 4) is 16.5 Å². The van der Waals surface area contributed by atoms with Crippen molar-refractivity contribution in [2.75, 3.05) is 5.32 Å². The van der Waals surface area contributed by atoms with Crippen molar-refractivity contribution in [1.29, 1.82) is 5.26 Å². The monoisotopic (exact) mass is 353 g/mol. The van der Waals surface area contributed by atoms with Gasteiger partial charge in [0.15, 0.2) is 0 Å². The number of thiophene rings is 1. The fourth-order valence-corrected chi connectivity index (χ4v) is 3.34. The van der Waals surface area contributed by atoms with Gasteiger partial charge in [-0.25, -0.2) is 0 Å². The van der Waals surface area contributed by atoms with E-state index in [9.17, 15) is 10.1 Å². The SMILES string of the molecule is N#Cc1cc(-c2ccncc2)sc1NC(=O)Cc1ccc(Cl)cc1. The molecular weight excluding hydrogens is 342 g/mol. The summed E-state index contributed by atoms with van der Waals surface area (Å²) < 4.78 is 0. The van der Waals surface area contributed by atoms with Crippen molar-refractivity contribution in [3.05, 3.63) is 71.0 Å². The normalized spacial score (nSPS) is 10.2. The Bertz CT molecular complexity index is 898. The number of hydrogen-bond acceptors (Lipinski definition) is 4. The molecule has 1 N–H and O–H groups in total. The molecule has 0 aliphatic heterocycles. The fraction of sp³-hybridized carbons (Fsp3) is 0.0556. The summed E-state index contributed by atoms with van der Waals surface area (Å²) in [6.45, 7) is 0. The Kier molecular flexibility index (Phi) is 4.90. The summed E-state index contributed by atoms with van der Waals surface area (Å²) in [6, 6.07) is 14.7. The molecule has 1 aromatic carbocycles. The van der Waals surface area contributed by atoms with E-state index in [1.165, 1.54) is 11.3 Å². The third-order valence-corrected chi connectivity index (χ3v) is 4.70. The number of halogens is 1. The summed E-state index contributed by atoms with van der Waals surface area (Å²) in [7, 11) is 0. The van der Waals surface area contributed by atoms with E-state index < -0.39 is 0 Å². The van der Waals surface area contributed by atoms with E-state index in [2.05, 4.69) is 16.4 Å². The van der Waals surface area contributed by atoms with Crippen LogP contribution in [0, 0.1) is 11.3 Å². The van der Waals surface area contributed by atoms with Crippen LogP contribution in [-0.2, 0) is 11.2 Å². The minimum Gasteiger partial charge on any atom is -0.316 e. The topological polar surface area (TPSA) is 65.8 Å². The second kappa shape index (κ2) is 7.26. The smallest absolute Gasteiger partial charge is 0.229 e. The van der Waals surface area contributed by atoms with Crippen LogP contribution in [0.4, 0.5) is 5.00 Å². The van der Waals surface area contributed by atoms with Crippen molar-refractivity contribution in [2.45, 2.75) is 6.42 Å². The summed E-state index contributed by atoms with van der Waals surface area (Å²) >= 11 is 7.21. The number of aromatic nitrogens is 1. The highest BCUT2D eigenvalue weighted by Gasteiger charge is 2.13. The molecule has 4 nitrogen and oxygen atoms in total. The lowest BCUT2D eigenvalue weighted by atomic mass is 10.1. The summed E-state index contributed by atoms with van der Waals surface area (Å²) in [5, 5.41) is 13.3. The Hall–Kier alpha value is -2.68. The first kappa shape index (κ1) is 16.2. The zero-order valence-corrected chi connectivity index (χ0v) is 14.1. The number of carbonyl (C=O) groups excluding carboxylic acids is 1. The van der Waals surface area contributed by atoms with Crippen LogP contribution in [0.25, 0.3) is 10.4 Å². The molecule has 24 heavy (non-hydrogen) atoms. The first-order chi connectivity index (χ1) is 11.7. The Labute approximate surface area is 148 Å². The van der Waals surface area contributed by atoms with Crippen LogP contribution >= 0.6 is 22.9 Å². The number of anilines is 1. The molecular formula is C18H12ClN3OS. The fourth-order valence-electron chi connectivity index (χ4n) is 2.18. The van der Waals surface area contributed by atoms with Gasteiger partial charge in [0.05, 0.1) is 12.0 Å². The third-order valence-electron chi connectivity index (χ3n) is 3.35. The van der Waals surface area contributed by atoms with E-state index in [0.717, 1.165) is 16.0 Å². The first-order valence-electron chi connectivity index (χ1n) is 7.14. The van der Waals surface area contributed by atoms with Gasteiger partial charge in [0.1, 0.15) is 11.1 Å². The number of nitrogens with one attached hydrogen (secondary N) is 1. The summed E-state index contributed by atoms with van der Waals surface area (Å²) in [4.78, 5) is 17.1. The lowest BCUT2D eigenvalue weighted by Gasteiger charge is -2.03. The molecule has 3 rings (SSSR count).